The predicted molar refractivity (Wildman–Crippen MR) is 83.3 cm³/mol. The van der Waals surface area contributed by atoms with Crippen LogP contribution in [0.5, 0.6) is 0 Å². The summed E-state index contributed by atoms with van der Waals surface area (Å²) in [5.74, 6) is 0.698. The summed E-state index contributed by atoms with van der Waals surface area (Å²) in [6.07, 6.45) is 6.93. The van der Waals surface area contributed by atoms with Gasteiger partial charge in [0.2, 0.25) is 0 Å². The smallest absolute Gasteiger partial charge is 0.252 e. The van der Waals surface area contributed by atoms with E-state index in [0.717, 1.165) is 30.8 Å². The van der Waals surface area contributed by atoms with Crippen molar-refractivity contribution in [2.24, 2.45) is 0 Å². The standard InChI is InChI=1S/C16H20N4O/c1-2-8-18-15-4-3-14(12-20-15)16(21)19-11-7-13-5-9-17-10-6-13/h3-6,9-10,12H,2,7-8,11H2,1H3,(H,18,20)(H,19,21). The zero-order chi connectivity index (χ0) is 14.9. The van der Waals surface area contributed by atoms with Crippen LogP contribution < -0.4 is 10.6 Å². The summed E-state index contributed by atoms with van der Waals surface area (Å²) in [5, 5.41) is 6.07. The van der Waals surface area contributed by atoms with Gasteiger partial charge in [0.25, 0.3) is 5.91 Å². The van der Waals surface area contributed by atoms with E-state index in [0.29, 0.717) is 12.1 Å². The molecule has 110 valence electrons. The van der Waals surface area contributed by atoms with Crippen LogP contribution in [0.25, 0.3) is 0 Å². The van der Waals surface area contributed by atoms with E-state index in [4.69, 9.17) is 0 Å². The number of amides is 1. The summed E-state index contributed by atoms with van der Waals surface area (Å²) in [6, 6.07) is 7.50. The Balaban J connectivity index is 1.80. The number of aromatic nitrogens is 2. The third kappa shape index (κ3) is 4.87. The van der Waals surface area contributed by atoms with Gasteiger partial charge in [0.15, 0.2) is 0 Å². The van der Waals surface area contributed by atoms with Crippen LogP contribution >= 0.6 is 0 Å². The largest absolute Gasteiger partial charge is 0.370 e. The fourth-order valence-corrected chi connectivity index (χ4v) is 1.86. The maximum Gasteiger partial charge on any atom is 0.252 e. The number of rotatable bonds is 7. The molecule has 5 heteroatoms. The molecule has 0 radical (unpaired) electrons. The highest BCUT2D eigenvalue weighted by Crippen LogP contribution is 2.05. The van der Waals surface area contributed by atoms with Crippen molar-refractivity contribution in [1.29, 1.82) is 0 Å². The molecule has 0 bridgehead atoms. The molecule has 0 unspecified atom stereocenters. The molecule has 2 N–H and O–H groups in total. The lowest BCUT2D eigenvalue weighted by atomic mass is 10.2. The third-order valence-corrected chi connectivity index (χ3v) is 3.03. The number of hydrogen-bond acceptors (Lipinski definition) is 4. The highest BCUT2D eigenvalue weighted by molar-refractivity contribution is 5.94. The molecule has 0 atom stereocenters. The number of nitrogens with zero attached hydrogens (tertiary/aromatic N) is 2. The summed E-state index contributed by atoms with van der Waals surface area (Å²) in [7, 11) is 0. The van der Waals surface area contributed by atoms with Crippen molar-refractivity contribution in [2.45, 2.75) is 19.8 Å². The van der Waals surface area contributed by atoms with E-state index in [2.05, 4.69) is 27.5 Å². The average molecular weight is 284 g/mol. The third-order valence-electron chi connectivity index (χ3n) is 3.03. The molecule has 21 heavy (non-hydrogen) atoms. The molecule has 5 nitrogen and oxygen atoms in total. The van der Waals surface area contributed by atoms with Crippen molar-refractivity contribution in [3.63, 3.8) is 0 Å². The molecule has 0 aromatic carbocycles. The maximum atomic E-state index is 12.0. The van der Waals surface area contributed by atoms with Gasteiger partial charge in [-0.3, -0.25) is 9.78 Å². The summed E-state index contributed by atoms with van der Waals surface area (Å²) in [4.78, 5) is 20.2. The van der Waals surface area contributed by atoms with Crippen molar-refractivity contribution in [3.05, 3.63) is 54.0 Å². The molecule has 2 rings (SSSR count). The van der Waals surface area contributed by atoms with Gasteiger partial charge in [-0.05, 0) is 42.7 Å². The summed E-state index contributed by atoms with van der Waals surface area (Å²) in [5.41, 5.74) is 1.73. The quantitative estimate of drug-likeness (QED) is 0.818. The molecule has 0 saturated heterocycles. The van der Waals surface area contributed by atoms with Crippen LogP contribution in [0.4, 0.5) is 5.82 Å². The first kappa shape index (κ1) is 15.0. The summed E-state index contributed by atoms with van der Waals surface area (Å²) in [6.45, 7) is 3.57. The molecular formula is C16H20N4O. The molecule has 2 aromatic rings. The number of hydrogen-bond donors (Lipinski definition) is 2. The Morgan fingerprint density at radius 1 is 1.14 bits per heavy atom. The normalized spacial score (nSPS) is 10.1. The average Bonchev–Trinajstić information content (AvgIpc) is 2.54. The van der Waals surface area contributed by atoms with Gasteiger partial charge in [-0.15, -0.1) is 0 Å². The Morgan fingerprint density at radius 3 is 2.62 bits per heavy atom. The minimum Gasteiger partial charge on any atom is -0.370 e. The molecule has 2 heterocycles. The lowest BCUT2D eigenvalue weighted by Crippen LogP contribution is -2.25. The van der Waals surface area contributed by atoms with Crippen molar-refractivity contribution < 1.29 is 4.79 Å². The number of anilines is 1. The lowest BCUT2D eigenvalue weighted by molar-refractivity contribution is 0.0954. The van der Waals surface area contributed by atoms with Gasteiger partial charge >= 0.3 is 0 Å². The van der Waals surface area contributed by atoms with Crippen LogP contribution in [0, 0.1) is 0 Å². The zero-order valence-corrected chi connectivity index (χ0v) is 12.2. The highest BCUT2D eigenvalue weighted by atomic mass is 16.1. The molecule has 1 amide bonds. The Bertz CT molecular complexity index is 554. The van der Waals surface area contributed by atoms with Crippen LogP contribution in [0.15, 0.2) is 42.9 Å². The first-order chi connectivity index (χ1) is 10.3. The van der Waals surface area contributed by atoms with E-state index >= 15 is 0 Å². The topological polar surface area (TPSA) is 66.9 Å². The van der Waals surface area contributed by atoms with Gasteiger partial charge in [-0.1, -0.05) is 6.92 Å². The summed E-state index contributed by atoms with van der Waals surface area (Å²) < 4.78 is 0. The molecule has 0 aliphatic heterocycles. The van der Waals surface area contributed by atoms with Crippen LogP contribution in [-0.2, 0) is 6.42 Å². The van der Waals surface area contributed by atoms with Crippen molar-refractivity contribution >= 4 is 11.7 Å². The molecular weight excluding hydrogens is 264 g/mol. The molecule has 0 fully saturated rings. The van der Waals surface area contributed by atoms with Crippen molar-refractivity contribution in [2.75, 3.05) is 18.4 Å². The molecule has 0 aliphatic carbocycles. The van der Waals surface area contributed by atoms with E-state index in [9.17, 15) is 4.79 Å². The van der Waals surface area contributed by atoms with Gasteiger partial charge in [0.05, 0.1) is 5.56 Å². The Kier molecular flexibility index (Phi) is 5.70. The van der Waals surface area contributed by atoms with Crippen molar-refractivity contribution in [3.8, 4) is 0 Å². The fourth-order valence-electron chi connectivity index (χ4n) is 1.86. The molecule has 2 aromatic heterocycles. The van der Waals surface area contributed by atoms with Gasteiger partial charge < -0.3 is 10.6 Å². The Hall–Kier alpha value is -2.43. The maximum absolute atomic E-state index is 12.0. The van der Waals surface area contributed by atoms with E-state index in [1.54, 1.807) is 24.7 Å². The number of carbonyl (C=O) groups is 1. The SMILES string of the molecule is CCCNc1ccc(C(=O)NCCc2ccncc2)cn1. The number of nitrogens with one attached hydrogen (secondary N) is 2. The second-order valence-electron chi connectivity index (χ2n) is 4.72. The number of carbonyl (C=O) groups excluding carboxylic acids is 1. The molecule has 0 saturated carbocycles. The van der Waals surface area contributed by atoms with Crippen LogP contribution in [0.2, 0.25) is 0 Å². The summed E-state index contributed by atoms with van der Waals surface area (Å²) >= 11 is 0. The minimum absolute atomic E-state index is 0.0985. The van der Waals surface area contributed by atoms with E-state index in [-0.39, 0.29) is 5.91 Å². The monoisotopic (exact) mass is 284 g/mol. The molecule has 0 spiro atoms. The lowest BCUT2D eigenvalue weighted by Gasteiger charge is -2.07. The predicted octanol–water partition coefficient (Wildman–Crippen LogP) is 2.27. The van der Waals surface area contributed by atoms with E-state index < -0.39 is 0 Å². The zero-order valence-electron chi connectivity index (χ0n) is 12.2. The van der Waals surface area contributed by atoms with E-state index in [1.807, 2.05) is 18.2 Å². The van der Waals surface area contributed by atoms with Crippen molar-refractivity contribution in [1.82, 2.24) is 15.3 Å². The fraction of sp³-hybridized carbons (Fsp3) is 0.312. The van der Waals surface area contributed by atoms with Crippen LogP contribution in [0.3, 0.4) is 0 Å². The number of pyridine rings is 2. The first-order valence-electron chi connectivity index (χ1n) is 7.16. The van der Waals surface area contributed by atoms with Gasteiger partial charge in [0, 0.05) is 31.7 Å². The minimum atomic E-state index is -0.0985. The van der Waals surface area contributed by atoms with Gasteiger partial charge in [-0.2, -0.15) is 0 Å². The first-order valence-corrected chi connectivity index (χ1v) is 7.16. The second kappa shape index (κ2) is 7.99. The van der Waals surface area contributed by atoms with Gasteiger partial charge in [-0.25, -0.2) is 4.98 Å². The van der Waals surface area contributed by atoms with Crippen LogP contribution in [0.1, 0.15) is 29.3 Å². The van der Waals surface area contributed by atoms with E-state index in [1.165, 1.54) is 0 Å². The molecule has 0 aliphatic rings. The second-order valence-corrected chi connectivity index (χ2v) is 4.72. The Labute approximate surface area is 124 Å². The van der Waals surface area contributed by atoms with Gasteiger partial charge in [0.1, 0.15) is 5.82 Å². The highest BCUT2D eigenvalue weighted by Gasteiger charge is 2.05. The van der Waals surface area contributed by atoms with Crippen LogP contribution in [-0.4, -0.2) is 29.0 Å². The Morgan fingerprint density at radius 2 is 1.95 bits per heavy atom.